The molecule has 4 nitrogen and oxygen atoms in total. The highest BCUT2D eigenvalue weighted by Crippen LogP contribution is 2.36. The van der Waals surface area contributed by atoms with Crippen LogP contribution >= 0.6 is 23.2 Å². The van der Waals surface area contributed by atoms with Crippen molar-refractivity contribution in [1.29, 1.82) is 0 Å². The average molecular weight is 352 g/mol. The van der Waals surface area contributed by atoms with Crippen LogP contribution in [-0.2, 0) is 16.6 Å². The van der Waals surface area contributed by atoms with Crippen LogP contribution < -0.4 is 0 Å². The van der Waals surface area contributed by atoms with Crippen molar-refractivity contribution in [3.8, 4) is 0 Å². The number of aliphatic hydroxyl groups is 1. The predicted octanol–water partition coefficient (Wildman–Crippen LogP) is 3.29. The van der Waals surface area contributed by atoms with Gasteiger partial charge in [-0.15, -0.1) is 0 Å². The number of sulfonamides is 1. The van der Waals surface area contributed by atoms with Crippen LogP contribution in [0.5, 0.6) is 0 Å². The number of hydrogen-bond acceptors (Lipinski definition) is 3. The van der Waals surface area contributed by atoms with E-state index in [0.29, 0.717) is 6.54 Å². The van der Waals surface area contributed by atoms with Crippen LogP contribution in [0, 0.1) is 5.92 Å². The number of hydrogen-bond donors (Lipinski definition) is 1. The van der Waals surface area contributed by atoms with Crippen molar-refractivity contribution in [2.45, 2.75) is 44.2 Å². The summed E-state index contributed by atoms with van der Waals surface area (Å²) in [6.07, 6.45) is 1.70. The Morgan fingerprint density at radius 1 is 1.38 bits per heavy atom. The zero-order valence-electron chi connectivity index (χ0n) is 12.0. The van der Waals surface area contributed by atoms with E-state index in [2.05, 4.69) is 0 Å². The molecule has 1 heterocycles. The molecule has 21 heavy (non-hydrogen) atoms. The largest absolute Gasteiger partial charge is 0.392 e. The van der Waals surface area contributed by atoms with Crippen LogP contribution in [0.15, 0.2) is 17.0 Å². The van der Waals surface area contributed by atoms with Crippen molar-refractivity contribution in [2.75, 3.05) is 6.54 Å². The Morgan fingerprint density at radius 3 is 2.62 bits per heavy atom. The maximum absolute atomic E-state index is 12.9. The van der Waals surface area contributed by atoms with E-state index in [-0.39, 0.29) is 32.5 Å². The molecular weight excluding hydrogens is 333 g/mol. The molecule has 2 rings (SSSR count). The van der Waals surface area contributed by atoms with Crippen LogP contribution in [0.2, 0.25) is 10.0 Å². The van der Waals surface area contributed by atoms with Crippen LogP contribution in [0.4, 0.5) is 0 Å². The van der Waals surface area contributed by atoms with Crippen LogP contribution in [0.25, 0.3) is 0 Å². The molecule has 1 aromatic rings. The molecule has 0 spiro atoms. The molecule has 118 valence electrons. The summed E-state index contributed by atoms with van der Waals surface area (Å²) in [5.41, 5.74) is 0.250. The molecular formula is C14H19Cl2NO3S. The minimum Gasteiger partial charge on any atom is -0.392 e. The standard InChI is InChI=1S/C14H19Cl2NO3S/c1-9(2)12-4-3-7-17(12)21(19,20)13-6-5-11(15)10(8-18)14(13)16/h5-6,9,12,18H,3-4,7-8H2,1-2H3. The first-order valence-corrected chi connectivity index (χ1v) is 9.10. The number of rotatable bonds is 4. The van der Waals surface area contributed by atoms with E-state index >= 15 is 0 Å². The topological polar surface area (TPSA) is 57.6 Å². The Bertz CT molecular complexity index is 631. The normalized spacial score (nSPS) is 20.4. The molecule has 1 unspecified atom stereocenters. The Morgan fingerprint density at radius 2 is 2.05 bits per heavy atom. The molecule has 0 amide bonds. The summed E-state index contributed by atoms with van der Waals surface area (Å²) in [5, 5.41) is 9.60. The van der Waals surface area contributed by atoms with E-state index in [0.717, 1.165) is 12.8 Å². The second kappa shape index (κ2) is 6.42. The Labute approximate surface area is 135 Å². The lowest BCUT2D eigenvalue weighted by molar-refractivity contribution is 0.281. The smallest absolute Gasteiger partial charge is 0.244 e. The van der Waals surface area contributed by atoms with Crippen molar-refractivity contribution in [3.05, 3.63) is 27.7 Å². The molecule has 1 atom stereocenters. The van der Waals surface area contributed by atoms with E-state index < -0.39 is 16.6 Å². The molecule has 1 aliphatic rings. The van der Waals surface area contributed by atoms with Gasteiger partial charge in [-0.3, -0.25) is 0 Å². The summed E-state index contributed by atoms with van der Waals surface area (Å²) in [4.78, 5) is 0.0187. The summed E-state index contributed by atoms with van der Waals surface area (Å²) in [7, 11) is -3.68. The molecule has 1 saturated heterocycles. The summed E-state index contributed by atoms with van der Waals surface area (Å²) < 4.78 is 27.3. The minimum absolute atomic E-state index is 0.0133. The zero-order valence-corrected chi connectivity index (χ0v) is 14.3. The third-order valence-corrected chi connectivity index (χ3v) is 6.78. The van der Waals surface area contributed by atoms with Gasteiger partial charge in [0.05, 0.1) is 11.6 Å². The Balaban J connectivity index is 2.50. The molecule has 1 aliphatic heterocycles. The second-order valence-electron chi connectivity index (χ2n) is 5.57. The van der Waals surface area contributed by atoms with Gasteiger partial charge in [-0.1, -0.05) is 37.0 Å². The molecule has 0 radical (unpaired) electrons. The first-order valence-electron chi connectivity index (χ1n) is 6.90. The van der Waals surface area contributed by atoms with Crippen molar-refractivity contribution in [1.82, 2.24) is 4.31 Å². The predicted molar refractivity (Wildman–Crippen MR) is 84.1 cm³/mol. The summed E-state index contributed by atoms with van der Waals surface area (Å²) in [6, 6.07) is 2.86. The van der Waals surface area contributed by atoms with Gasteiger partial charge in [-0.2, -0.15) is 4.31 Å². The van der Waals surface area contributed by atoms with Gasteiger partial charge < -0.3 is 5.11 Å². The average Bonchev–Trinajstić information content (AvgIpc) is 2.89. The van der Waals surface area contributed by atoms with Crippen LogP contribution in [-0.4, -0.2) is 30.4 Å². The highest BCUT2D eigenvalue weighted by Gasteiger charge is 2.38. The maximum Gasteiger partial charge on any atom is 0.244 e. The number of aliphatic hydroxyl groups excluding tert-OH is 1. The lowest BCUT2D eigenvalue weighted by Crippen LogP contribution is -2.38. The number of halogens is 2. The molecule has 0 aliphatic carbocycles. The van der Waals surface area contributed by atoms with Gasteiger partial charge in [-0.05, 0) is 30.9 Å². The van der Waals surface area contributed by atoms with Gasteiger partial charge >= 0.3 is 0 Å². The molecule has 1 N–H and O–H groups in total. The summed E-state index contributed by atoms with van der Waals surface area (Å²) in [5.74, 6) is 0.241. The molecule has 0 bridgehead atoms. The Hall–Kier alpha value is -0.330. The minimum atomic E-state index is -3.68. The number of nitrogens with zero attached hydrogens (tertiary/aromatic N) is 1. The van der Waals surface area contributed by atoms with Crippen LogP contribution in [0.3, 0.4) is 0 Å². The SMILES string of the molecule is CC(C)C1CCCN1S(=O)(=O)c1ccc(Cl)c(CO)c1Cl. The molecule has 0 saturated carbocycles. The fourth-order valence-corrected chi connectivity index (χ4v) is 5.48. The highest BCUT2D eigenvalue weighted by atomic mass is 35.5. The quantitative estimate of drug-likeness (QED) is 0.905. The lowest BCUT2D eigenvalue weighted by Gasteiger charge is -2.27. The van der Waals surface area contributed by atoms with Gasteiger partial charge in [-0.25, -0.2) is 8.42 Å². The van der Waals surface area contributed by atoms with E-state index in [1.807, 2.05) is 13.8 Å². The van der Waals surface area contributed by atoms with E-state index in [4.69, 9.17) is 23.2 Å². The monoisotopic (exact) mass is 351 g/mol. The van der Waals surface area contributed by atoms with Crippen molar-refractivity contribution < 1.29 is 13.5 Å². The third-order valence-electron chi connectivity index (χ3n) is 3.91. The fourth-order valence-electron chi connectivity index (χ4n) is 2.78. The number of benzene rings is 1. The van der Waals surface area contributed by atoms with E-state index in [1.54, 1.807) is 0 Å². The summed E-state index contributed by atoms with van der Waals surface area (Å²) >= 11 is 12.1. The first-order chi connectivity index (χ1) is 9.80. The van der Waals surface area contributed by atoms with Gasteiger partial charge in [0, 0.05) is 23.2 Å². The second-order valence-corrected chi connectivity index (χ2v) is 8.21. The Kier molecular flexibility index (Phi) is 5.21. The molecule has 0 aromatic heterocycles. The lowest BCUT2D eigenvalue weighted by atomic mass is 10.0. The van der Waals surface area contributed by atoms with E-state index in [9.17, 15) is 13.5 Å². The van der Waals surface area contributed by atoms with Gasteiger partial charge in [0.15, 0.2) is 0 Å². The van der Waals surface area contributed by atoms with Crippen molar-refractivity contribution >= 4 is 33.2 Å². The van der Waals surface area contributed by atoms with Gasteiger partial charge in [0.1, 0.15) is 4.90 Å². The zero-order chi connectivity index (χ0) is 15.8. The van der Waals surface area contributed by atoms with Crippen molar-refractivity contribution in [3.63, 3.8) is 0 Å². The molecule has 1 fully saturated rings. The van der Waals surface area contributed by atoms with E-state index in [1.165, 1.54) is 16.4 Å². The van der Waals surface area contributed by atoms with Crippen LogP contribution in [0.1, 0.15) is 32.3 Å². The molecule has 7 heteroatoms. The summed E-state index contributed by atoms with van der Waals surface area (Å²) in [6.45, 7) is 4.13. The first kappa shape index (κ1) is 17.0. The highest BCUT2D eigenvalue weighted by molar-refractivity contribution is 7.89. The van der Waals surface area contributed by atoms with Gasteiger partial charge in [0.25, 0.3) is 0 Å². The van der Waals surface area contributed by atoms with Crippen molar-refractivity contribution in [2.24, 2.45) is 5.92 Å². The third kappa shape index (κ3) is 3.08. The van der Waals surface area contributed by atoms with Gasteiger partial charge in [0.2, 0.25) is 10.0 Å². The maximum atomic E-state index is 12.9. The fraction of sp³-hybridized carbons (Fsp3) is 0.571. The molecule has 1 aromatic carbocycles.